The van der Waals surface area contributed by atoms with Crippen molar-refractivity contribution in [3.05, 3.63) is 53.2 Å². The average molecular weight is 358 g/mol. The highest BCUT2D eigenvalue weighted by Crippen LogP contribution is 2.08. The molecule has 1 aromatic carbocycles. The van der Waals surface area contributed by atoms with Crippen LogP contribution in [0.1, 0.15) is 36.3 Å². The van der Waals surface area contributed by atoms with Crippen molar-refractivity contribution in [1.82, 2.24) is 15.6 Å². The van der Waals surface area contributed by atoms with Crippen LogP contribution in [0.15, 0.2) is 39.7 Å². The quantitative estimate of drug-likeness (QED) is 0.388. The highest BCUT2D eigenvalue weighted by molar-refractivity contribution is 5.79. The molecule has 0 atom stereocenters. The molecule has 0 aliphatic carbocycles. The van der Waals surface area contributed by atoms with Crippen molar-refractivity contribution < 1.29 is 9.15 Å². The Morgan fingerprint density at radius 3 is 2.65 bits per heavy atom. The molecule has 0 aliphatic heterocycles. The summed E-state index contributed by atoms with van der Waals surface area (Å²) < 4.78 is 11.3. The van der Waals surface area contributed by atoms with Gasteiger partial charge in [-0.25, -0.2) is 9.98 Å². The standard InChI is InChI=1S/C20H30N4O2/c1-4-21-20(23-15-19-24-16(2)17(3)26-19)22-12-8-13-25-14-11-18-9-6-5-7-10-18/h5-7,9-10H,4,8,11-15H2,1-3H3,(H2,21,22,23). The number of oxazole rings is 1. The third-order valence-corrected chi connectivity index (χ3v) is 3.93. The number of benzene rings is 1. The summed E-state index contributed by atoms with van der Waals surface area (Å²) in [7, 11) is 0. The first kappa shape index (κ1) is 20.0. The van der Waals surface area contributed by atoms with Crippen LogP contribution in [0.4, 0.5) is 0 Å². The Hall–Kier alpha value is -2.34. The molecule has 1 aromatic heterocycles. The molecule has 2 aromatic rings. The summed E-state index contributed by atoms with van der Waals surface area (Å²) in [5.74, 6) is 2.26. The topological polar surface area (TPSA) is 71.7 Å². The van der Waals surface area contributed by atoms with Gasteiger partial charge in [0.15, 0.2) is 5.96 Å². The highest BCUT2D eigenvalue weighted by Gasteiger charge is 2.05. The summed E-state index contributed by atoms with van der Waals surface area (Å²) in [5, 5.41) is 6.54. The number of ether oxygens (including phenoxy) is 1. The van der Waals surface area contributed by atoms with Crippen molar-refractivity contribution >= 4 is 5.96 Å². The van der Waals surface area contributed by atoms with Crippen LogP contribution in [0, 0.1) is 13.8 Å². The van der Waals surface area contributed by atoms with E-state index in [1.54, 1.807) is 0 Å². The lowest BCUT2D eigenvalue weighted by Crippen LogP contribution is -2.38. The van der Waals surface area contributed by atoms with Gasteiger partial charge in [0.1, 0.15) is 12.3 Å². The van der Waals surface area contributed by atoms with Crippen molar-refractivity contribution in [3.8, 4) is 0 Å². The van der Waals surface area contributed by atoms with Crippen LogP contribution in [-0.4, -0.2) is 37.2 Å². The van der Waals surface area contributed by atoms with E-state index in [-0.39, 0.29) is 0 Å². The van der Waals surface area contributed by atoms with Gasteiger partial charge in [-0.05, 0) is 39.2 Å². The normalized spacial score (nSPS) is 11.6. The summed E-state index contributed by atoms with van der Waals surface area (Å²) in [6.07, 6.45) is 1.88. The zero-order valence-corrected chi connectivity index (χ0v) is 16.0. The first-order valence-electron chi connectivity index (χ1n) is 9.25. The number of hydrogen-bond donors (Lipinski definition) is 2. The van der Waals surface area contributed by atoms with Crippen molar-refractivity contribution in [1.29, 1.82) is 0 Å². The Labute approximate surface area is 156 Å². The first-order valence-corrected chi connectivity index (χ1v) is 9.25. The molecular weight excluding hydrogens is 328 g/mol. The molecule has 0 saturated heterocycles. The second-order valence-corrected chi connectivity index (χ2v) is 6.07. The number of aromatic nitrogens is 1. The zero-order chi connectivity index (χ0) is 18.6. The van der Waals surface area contributed by atoms with Crippen molar-refractivity contribution in [2.45, 2.75) is 40.2 Å². The van der Waals surface area contributed by atoms with Gasteiger partial charge in [-0.2, -0.15) is 0 Å². The molecule has 6 heteroatoms. The molecule has 0 radical (unpaired) electrons. The van der Waals surface area contributed by atoms with E-state index in [9.17, 15) is 0 Å². The van der Waals surface area contributed by atoms with Crippen LogP contribution in [0.2, 0.25) is 0 Å². The molecule has 0 unspecified atom stereocenters. The van der Waals surface area contributed by atoms with E-state index in [0.29, 0.717) is 12.4 Å². The fourth-order valence-corrected chi connectivity index (χ4v) is 2.41. The summed E-state index contributed by atoms with van der Waals surface area (Å²) in [4.78, 5) is 8.86. The number of aryl methyl sites for hydroxylation is 2. The second-order valence-electron chi connectivity index (χ2n) is 6.07. The average Bonchev–Trinajstić information content (AvgIpc) is 2.97. The molecular formula is C20H30N4O2. The van der Waals surface area contributed by atoms with Crippen LogP contribution in [-0.2, 0) is 17.7 Å². The van der Waals surface area contributed by atoms with E-state index in [1.165, 1.54) is 5.56 Å². The van der Waals surface area contributed by atoms with Crippen LogP contribution < -0.4 is 10.6 Å². The third-order valence-electron chi connectivity index (χ3n) is 3.93. The third kappa shape index (κ3) is 7.27. The fraction of sp³-hybridized carbons (Fsp3) is 0.500. The minimum Gasteiger partial charge on any atom is -0.444 e. The van der Waals surface area contributed by atoms with E-state index < -0.39 is 0 Å². The van der Waals surface area contributed by atoms with Gasteiger partial charge in [0.25, 0.3) is 0 Å². The van der Waals surface area contributed by atoms with Gasteiger partial charge in [-0.1, -0.05) is 30.3 Å². The molecule has 0 saturated carbocycles. The molecule has 0 amide bonds. The number of guanidine groups is 1. The molecule has 2 rings (SSSR count). The molecule has 142 valence electrons. The van der Waals surface area contributed by atoms with Crippen LogP contribution in [0.5, 0.6) is 0 Å². The second kappa shape index (κ2) is 11.3. The van der Waals surface area contributed by atoms with Crippen molar-refractivity contribution in [2.24, 2.45) is 4.99 Å². The van der Waals surface area contributed by atoms with Crippen molar-refractivity contribution in [2.75, 3.05) is 26.3 Å². The van der Waals surface area contributed by atoms with Crippen LogP contribution >= 0.6 is 0 Å². The maximum absolute atomic E-state index is 5.70. The maximum atomic E-state index is 5.70. The minimum absolute atomic E-state index is 0.428. The lowest BCUT2D eigenvalue weighted by atomic mass is 10.2. The number of aliphatic imine (C=N–C) groups is 1. The number of nitrogens with one attached hydrogen (secondary N) is 2. The van der Waals surface area contributed by atoms with Gasteiger partial charge < -0.3 is 19.8 Å². The van der Waals surface area contributed by atoms with Crippen LogP contribution in [0.25, 0.3) is 0 Å². The lowest BCUT2D eigenvalue weighted by Gasteiger charge is -2.11. The summed E-state index contributed by atoms with van der Waals surface area (Å²) in [6, 6.07) is 10.4. The molecule has 26 heavy (non-hydrogen) atoms. The monoisotopic (exact) mass is 358 g/mol. The fourth-order valence-electron chi connectivity index (χ4n) is 2.41. The molecule has 0 spiro atoms. The molecule has 1 heterocycles. The minimum atomic E-state index is 0.428. The Morgan fingerprint density at radius 2 is 1.96 bits per heavy atom. The molecule has 0 fully saturated rings. The van der Waals surface area contributed by atoms with Gasteiger partial charge in [0.05, 0.1) is 12.3 Å². The number of nitrogens with zero attached hydrogens (tertiary/aromatic N) is 2. The summed E-state index contributed by atoms with van der Waals surface area (Å²) in [6.45, 7) is 9.42. The SMILES string of the molecule is CCNC(=NCc1nc(C)c(C)o1)NCCCOCCc1ccccc1. The number of rotatable bonds is 10. The summed E-state index contributed by atoms with van der Waals surface area (Å²) >= 11 is 0. The smallest absolute Gasteiger partial charge is 0.216 e. The van der Waals surface area contributed by atoms with Gasteiger partial charge in [-0.3, -0.25) is 0 Å². The highest BCUT2D eigenvalue weighted by atomic mass is 16.5. The molecule has 0 bridgehead atoms. The predicted molar refractivity (Wildman–Crippen MR) is 104 cm³/mol. The van der Waals surface area contributed by atoms with E-state index in [4.69, 9.17) is 9.15 Å². The van der Waals surface area contributed by atoms with E-state index in [1.807, 2.05) is 26.8 Å². The van der Waals surface area contributed by atoms with Crippen molar-refractivity contribution in [3.63, 3.8) is 0 Å². The number of hydrogen-bond acceptors (Lipinski definition) is 4. The van der Waals surface area contributed by atoms with E-state index >= 15 is 0 Å². The largest absolute Gasteiger partial charge is 0.444 e. The van der Waals surface area contributed by atoms with Gasteiger partial charge in [0, 0.05) is 19.7 Å². The molecule has 6 nitrogen and oxygen atoms in total. The van der Waals surface area contributed by atoms with Crippen LogP contribution in [0.3, 0.4) is 0 Å². The molecule has 2 N–H and O–H groups in total. The maximum Gasteiger partial charge on any atom is 0.216 e. The predicted octanol–water partition coefficient (Wildman–Crippen LogP) is 3.00. The first-order chi connectivity index (χ1) is 12.7. The van der Waals surface area contributed by atoms with E-state index in [0.717, 1.165) is 56.6 Å². The Kier molecular flexibility index (Phi) is 8.69. The van der Waals surface area contributed by atoms with Gasteiger partial charge >= 0.3 is 0 Å². The Balaban J connectivity index is 1.62. The van der Waals surface area contributed by atoms with Gasteiger partial charge in [-0.15, -0.1) is 0 Å². The summed E-state index contributed by atoms with van der Waals surface area (Å²) in [5.41, 5.74) is 2.23. The zero-order valence-electron chi connectivity index (χ0n) is 16.0. The lowest BCUT2D eigenvalue weighted by molar-refractivity contribution is 0.135. The van der Waals surface area contributed by atoms with E-state index in [2.05, 4.69) is 44.9 Å². The van der Waals surface area contributed by atoms with Gasteiger partial charge in [0.2, 0.25) is 5.89 Å². The molecule has 0 aliphatic rings. The Bertz CT molecular complexity index is 648. The Morgan fingerprint density at radius 1 is 1.15 bits per heavy atom.